The molecule has 0 aromatic rings. The second-order valence-electron chi connectivity index (χ2n) is 14.4. The third-order valence-electron chi connectivity index (χ3n) is 8.33. The lowest BCUT2D eigenvalue weighted by molar-refractivity contribution is -0.870. The molecule has 0 saturated carbocycles. The van der Waals surface area contributed by atoms with Crippen molar-refractivity contribution in [3.63, 3.8) is 0 Å². The SMILES string of the molecule is CC/C=C\C/C=C\C/C=C\C/C=C\CCCCC(=O)NC(COP(=O)([O-])OCC[N+](C)(C)C)C(O)C(O)CCC/C=C/CCCCCCCCC. The molecule has 3 N–H and O–H groups in total. The molecule has 9 nitrogen and oxygen atoms in total. The second-order valence-corrected chi connectivity index (χ2v) is 15.8. The monoisotopic (exact) mass is 739 g/mol. The standard InChI is InChI=1S/C41H75N2O7P/c1-6-8-10-12-14-16-18-20-21-22-24-26-28-30-32-34-40(45)42-38(37-50-51(47,48)49-36-35-43(3,4)5)41(46)39(44)33-31-29-27-25-23-19-17-15-13-11-9-7-2/h8,10,14,16,20-21,24-27,38-39,41,44,46H,6-7,9,11-13,15,17-19,22-23,28-37H2,1-5H3,(H-,42,45,47,48)/b10-8-,16-14-,21-20-,26-24-,27-25+. The van der Waals surface area contributed by atoms with Crippen LogP contribution in [-0.4, -0.2) is 79.8 Å². The maximum Gasteiger partial charge on any atom is 0.268 e. The fourth-order valence-corrected chi connectivity index (χ4v) is 5.85. The summed E-state index contributed by atoms with van der Waals surface area (Å²) in [4.78, 5) is 25.2. The second kappa shape index (κ2) is 32.8. The zero-order chi connectivity index (χ0) is 38.1. The van der Waals surface area contributed by atoms with E-state index in [0.29, 0.717) is 30.3 Å². The number of unbranched alkanes of at least 4 members (excludes halogenated alkanes) is 10. The molecule has 0 radical (unpaired) electrons. The quantitative estimate of drug-likeness (QED) is 0.0261. The van der Waals surface area contributed by atoms with Crippen LogP contribution in [0.4, 0.5) is 0 Å². The van der Waals surface area contributed by atoms with Gasteiger partial charge in [-0.15, -0.1) is 0 Å². The average molecular weight is 739 g/mol. The minimum Gasteiger partial charge on any atom is -0.756 e. The minimum atomic E-state index is -4.68. The molecule has 0 saturated heterocycles. The van der Waals surface area contributed by atoms with Gasteiger partial charge in [-0.1, -0.05) is 113 Å². The summed E-state index contributed by atoms with van der Waals surface area (Å²) in [5, 5.41) is 24.4. The first kappa shape index (κ1) is 49.2. The van der Waals surface area contributed by atoms with Crippen LogP contribution in [0.2, 0.25) is 0 Å². The molecule has 0 bridgehead atoms. The third-order valence-corrected chi connectivity index (χ3v) is 9.30. The Morgan fingerprint density at radius 1 is 0.725 bits per heavy atom. The summed E-state index contributed by atoms with van der Waals surface area (Å²) in [6.07, 6.45) is 37.0. The molecule has 0 spiro atoms. The minimum absolute atomic E-state index is 0.0573. The number of carbonyl (C=O) groups is 1. The number of nitrogens with zero attached hydrogens (tertiary/aromatic N) is 1. The van der Waals surface area contributed by atoms with Crippen LogP contribution in [0.15, 0.2) is 60.8 Å². The van der Waals surface area contributed by atoms with Crippen LogP contribution in [0, 0.1) is 0 Å². The van der Waals surface area contributed by atoms with Crippen LogP contribution in [0.3, 0.4) is 0 Å². The zero-order valence-corrected chi connectivity index (χ0v) is 33.8. The number of likely N-dealkylation sites (N-methyl/N-ethyl adjacent to an activating group) is 1. The van der Waals surface area contributed by atoms with Gasteiger partial charge in [0.25, 0.3) is 7.82 Å². The topological polar surface area (TPSA) is 128 Å². The van der Waals surface area contributed by atoms with E-state index in [9.17, 15) is 24.5 Å². The number of quaternary nitrogens is 1. The number of aliphatic hydroxyl groups is 2. The van der Waals surface area contributed by atoms with Gasteiger partial charge in [-0.3, -0.25) is 9.36 Å². The summed E-state index contributed by atoms with van der Waals surface area (Å²) in [6.45, 7) is 4.22. The summed E-state index contributed by atoms with van der Waals surface area (Å²) in [7, 11) is 1.06. The van der Waals surface area contributed by atoms with Crippen LogP contribution < -0.4 is 10.2 Å². The van der Waals surface area contributed by atoms with Crippen molar-refractivity contribution in [1.29, 1.82) is 0 Å². The molecule has 4 atom stereocenters. The number of hydrogen-bond acceptors (Lipinski definition) is 7. The lowest BCUT2D eigenvalue weighted by atomic mass is 10.0. The van der Waals surface area contributed by atoms with Gasteiger partial charge < -0.3 is 34.0 Å². The first-order chi connectivity index (χ1) is 24.4. The van der Waals surface area contributed by atoms with Crippen molar-refractivity contribution in [2.45, 2.75) is 154 Å². The van der Waals surface area contributed by atoms with Crippen molar-refractivity contribution >= 4 is 13.7 Å². The lowest BCUT2D eigenvalue weighted by Gasteiger charge is -2.31. The van der Waals surface area contributed by atoms with Crippen LogP contribution in [0.1, 0.15) is 136 Å². The molecule has 0 aromatic heterocycles. The summed E-state index contributed by atoms with van der Waals surface area (Å²) < 4.78 is 23.0. The molecule has 0 heterocycles. The summed E-state index contributed by atoms with van der Waals surface area (Å²) >= 11 is 0. The Morgan fingerprint density at radius 2 is 1.24 bits per heavy atom. The molecule has 51 heavy (non-hydrogen) atoms. The predicted molar refractivity (Wildman–Crippen MR) is 211 cm³/mol. The Hall–Kier alpha value is -1.84. The Bertz CT molecular complexity index is 1040. The van der Waals surface area contributed by atoms with Gasteiger partial charge in [-0.25, -0.2) is 0 Å². The lowest BCUT2D eigenvalue weighted by Crippen LogP contribution is -2.51. The largest absolute Gasteiger partial charge is 0.756 e. The molecule has 0 aromatic carbocycles. The predicted octanol–water partition coefficient (Wildman–Crippen LogP) is 8.63. The Morgan fingerprint density at radius 3 is 1.82 bits per heavy atom. The summed E-state index contributed by atoms with van der Waals surface area (Å²) in [5.74, 6) is -0.333. The Kier molecular flexibility index (Phi) is 31.6. The van der Waals surface area contributed by atoms with Crippen molar-refractivity contribution in [1.82, 2.24) is 5.32 Å². The number of aliphatic hydroxyl groups excluding tert-OH is 2. The number of allylic oxidation sites excluding steroid dienone is 10. The van der Waals surface area contributed by atoms with Crippen molar-refractivity contribution < 1.29 is 38.0 Å². The van der Waals surface area contributed by atoms with Crippen LogP contribution >= 0.6 is 7.82 Å². The fourth-order valence-electron chi connectivity index (χ4n) is 5.12. The molecule has 0 aliphatic heterocycles. The van der Waals surface area contributed by atoms with Crippen molar-refractivity contribution in [3.05, 3.63) is 60.8 Å². The normalized spacial score (nSPS) is 15.8. The highest BCUT2D eigenvalue weighted by molar-refractivity contribution is 7.45. The van der Waals surface area contributed by atoms with Gasteiger partial charge in [-0.05, 0) is 77.0 Å². The van der Waals surface area contributed by atoms with E-state index in [0.717, 1.165) is 51.4 Å². The summed E-state index contributed by atoms with van der Waals surface area (Å²) in [5.41, 5.74) is 0. The highest BCUT2D eigenvalue weighted by atomic mass is 31.2. The molecule has 1 amide bonds. The number of carbonyl (C=O) groups excluding carboxylic acids is 1. The van der Waals surface area contributed by atoms with E-state index in [1.165, 1.54) is 44.9 Å². The van der Waals surface area contributed by atoms with E-state index in [-0.39, 0.29) is 18.9 Å². The van der Waals surface area contributed by atoms with E-state index in [1.807, 2.05) is 21.1 Å². The molecule has 4 unspecified atom stereocenters. The molecule has 296 valence electrons. The smallest absolute Gasteiger partial charge is 0.268 e. The van der Waals surface area contributed by atoms with Crippen LogP contribution in [-0.2, 0) is 18.4 Å². The first-order valence-electron chi connectivity index (χ1n) is 19.7. The Balaban J connectivity index is 4.74. The highest BCUT2D eigenvalue weighted by Gasteiger charge is 2.29. The van der Waals surface area contributed by atoms with E-state index in [2.05, 4.69) is 79.9 Å². The van der Waals surface area contributed by atoms with Gasteiger partial charge in [0.2, 0.25) is 5.91 Å². The first-order valence-corrected chi connectivity index (χ1v) is 21.2. The summed E-state index contributed by atoms with van der Waals surface area (Å²) in [6, 6.07) is -1.11. The van der Waals surface area contributed by atoms with E-state index in [1.54, 1.807) is 0 Å². The number of hydrogen-bond donors (Lipinski definition) is 3. The van der Waals surface area contributed by atoms with Gasteiger partial charge in [0, 0.05) is 6.42 Å². The maximum absolute atomic E-state index is 12.8. The number of phosphoric ester groups is 1. The molecule has 10 heteroatoms. The van der Waals surface area contributed by atoms with E-state index < -0.39 is 32.7 Å². The zero-order valence-electron chi connectivity index (χ0n) is 32.9. The molecule has 0 aliphatic carbocycles. The molecular formula is C41H75N2O7P. The molecule has 0 aliphatic rings. The van der Waals surface area contributed by atoms with Crippen molar-refractivity contribution in [2.75, 3.05) is 40.9 Å². The van der Waals surface area contributed by atoms with Gasteiger partial charge in [-0.2, -0.15) is 0 Å². The number of phosphoric acid groups is 1. The van der Waals surface area contributed by atoms with Gasteiger partial charge in [0.1, 0.15) is 19.3 Å². The molecule has 0 fully saturated rings. The highest BCUT2D eigenvalue weighted by Crippen LogP contribution is 2.38. The molecule has 0 rings (SSSR count). The van der Waals surface area contributed by atoms with Crippen molar-refractivity contribution in [2.24, 2.45) is 0 Å². The number of nitrogens with one attached hydrogen (secondary N) is 1. The number of rotatable bonds is 34. The van der Waals surface area contributed by atoms with E-state index >= 15 is 0 Å². The van der Waals surface area contributed by atoms with Crippen LogP contribution in [0.5, 0.6) is 0 Å². The average Bonchev–Trinajstić information content (AvgIpc) is 3.07. The Labute approximate surface area is 312 Å². The third kappa shape index (κ3) is 33.7. The van der Waals surface area contributed by atoms with Gasteiger partial charge >= 0.3 is 0 Å². The number of amides is 1. The van der Waals surface area contributed by atoms with Gasteiger partial charge in [0.15, 0.2) is 0 Å². The molecular weight excluding hydrogens is 663 g/mol. The van der Waals surface area contributed by atoms with Gasteiger partial charge in [0.05, 0.1) is 39.9 Å². The van der Waals surface area contributed by atoms with Crippen LogP contribution in [0.25, 0.3) is 0 Å². The maximum atomic E-state index is 12.8. The fraction of sp³-hybridized carbons (Fsp3) is 0.732. The van der Waals surface area contributed by atoms with Crippen molar-refractivity contribution in [3.8, 4) is 0 Å². The van der Waals surface area contributed by atoms with E-state index in [4.69, 9.17) is 9.05 Å².